The first-order chi connectivity index (χ1) is 18.6. The van der Waals surface area contributed by atoms with Gasteiger partial charge in [-0.2, -0.15) is 17.9 Å². The summed E-state index contributed by atoms with van der Waals surface area (Å²) in [5.74, 6) is -2.98. The third kappa shape index (κ3) is 5.56. The minimum absolute atomic E-state index is 0.173. The Hall–Kier alpha value is -4.42. The Morgan fingerprint density at radius 2 is 1.85 bits per heavy atom. The van der Waals surface area contributed by atoms with Gasteiger partial charge >= 0.3 is 17.8 Å². The van der Waals surface area contributed by atoms with E-state index < -0.39 is 29.9 Å². The maximum absolute atomic E-state index is 12.9. The highest BCUT2D eigenvalue weighted by Gasteiger charge is 2.43. The SMILES string of the molecule is Cc1cccc(-n2nc(Nc3ccc(CN[C@@H]4c5ccccc5C[C@@H]4O)cc3)n(OC(=O)C(F)(F)F)c2=O)c1. The zero-order valence-corrected chi connectivity index (χ0v) is 20.6. The van der Waals surface area contributed by atoms with Crippen LogP contribution in [0.25, 0.3) is 5.69 Å². The molecule has 202 valence electrons. The van der Waals surface area contributed by atoms with Crippen LogP contribution >= 0.6 is 0 Å². The van der Waals surface area contributed by atoms with E-state index in [0.29, 0.717) is 18.7 Å². The fraction of sp³-hybridized carbons (Fsp3) is 0.222. The van der Waals surface area contributed by atoms with Crippen molar-refractivity contribution < 1.29 is 27.9 Å². The van der Waals surface area contributed by atoms with Crippen LogP contribution in [0.2, 0.25) is 0 Å². The first-order valence-electron chi connectivity index (χ1n) is 12.0. The number of aliphatic hydroxyl groups excluding tert-OH is 1. The number of rotatable bonds is 7. The summed E-state index contributed by atoms with van der Waals surface area (Å²) in [6, 6.07) is 21.0. The van der Waals surface area contributed by atoms with Gasteiger partial charge in [0, 0.05) is 18.7 Å². The number of halogens is 3. The van der Waals surface area contributed by atoms with Crippen LogP contribution < -0.4 is 21.2 Å². The lowest BCUT2D eigenvalue weighted by Crippen LogP contribution is -2.39. The van der Waals surface area contributed by atoms with E-state index in [1.165, 1.54) is 0 Å². The number of fused-ring (bicyclic) bond motifs is 1. The van der Waals surface area contributed by atoms with Crippen LogP contribution in [0.5, 0.6) is 0 Å². The highest BCUT2D eigenvalue weighted by molar-refractivity contribution is 5.76. The Kier molecular flexibility index (Phi) is 6.98. The number of carbonyl (C=O) groups excluding carboxylic acids is 1. The topological polar surface area (TPSA) is 110 Å². The van der Waals surface area contributed by atoms with Crippen molar-refractivity contribution in [3.05, 3.63) is 106 Å². The maximum atomic E-state index is 12.9. The van der Waals surface area contributed by atoms with E-state index in [0.717, 1.165) is 26.9 Å². The fourth-order valence-corrected chi connectivity index (χ4v) is 4.46. The minimum atomic E-state index is -5.32. The average Bonchev–Trinajstić information content (AvgIpc) is 3.38. The summed E-state index contributed by atoms with van der Waals surface area (Å²) in [5, 5.41) is 20.6. The number of aliphatic hydroxyl groups is 1. The molecule has 0 spiro atoms. The zero-order valence-electron chi connectivity index (χ0n) is 20.6. The average molecular weight is 540 g/mol. The quantitative estimate of drug-likeness (QED) is 0.330. The van der Waals surface area contributed by atoms with E-state index in [1.54, 1.807) is 55.5 Å². The van der Waals surface area contributed by atoms with Crippen LogP contribution in [0.4, 0.5) is 24.8 Å². The van der Waals surface area contributed by atoms with E-state index in [4.69, 9.17) is 0 Å². The summed E-state index contributed by atoms with van der Waals surface area (Å²) < 4.78 is 39.7. The number of aromatic nitrogens is 3. The van der Waals surface area contributed by atoms with Crippen molar-refractivity contribution in [2.75, 3.05) is 5.32 Å². The zero-order chi connectivity index (χ0) is 27.7. The van der Waals surface area contributed by atoms with Gasteiger partial charge in [-0.15, -0.1) is 5.10 Å². The van der Waals surface area contributed by atoms with Crippen LogP contribution in [-0.4, -0.2) is 37.9 Å². The molecule has 4 aromatic rings. The second-order valence-corrected chi connectivity index (χ2v) is 9.18. The number of nitrogens with one attached hydrogen (secondary N) is 2. The molecule has 0 unspecified atom stereocenters. The lowest BCUT2D eigenvalue weighted by molar-refractivity contribution is -0.200. The number of anilines is 2. The van der Waals surface area contributed by atoms with Gasteiger partial charge in [-0.05, 0) is 53.4 Å². The van der Waals surface area contributed by atoms with E-state index >= 15 is 0 Å². The van der Waals surface area contributed by atoms with Crippen molar-refractivity contribution in [2.24, 2.45) is 0 Å². The normalized spacial score (nSPS) is 16.6. The molecule has 0 saturated heterocycles. The molecule has 0 saturated carbocycles. The molecule has 3 N–H and O–H groups in total. The Labute approximate surface area is 220 Å². The molecule has 0 fully saturated rings. The molecule has 9 nitrogen and oxygen atoms in total. The number of benzene rings is 3. The van der Waals surface area contributed by atoms with E-state index in [2.05, 4.69) is 20.6 Å². The molecule has 39 heavy (non-hydrogen) atoms. The number of carbonyl (C=O) groups is 1. The molecule has 0 bridgehead atoms. The molecule has 1 aliphatic carbocycles. The standard InChI is InChI=1S/C27H24F3N5O4/c1-16-5-4-7-20(13-16)34-26(38)35(39-24(37)27(28,29)30)25(33-34)32-19-11-9-17(10-12-19)15-31-23-21-8-3-2-6-18(21)14-22(23)36/h2-13,22-23,31,36H,14-15H2,1H3,(H,32,33)/t22-,23+/m0/s1. The molecule has 12 heteroatoms. The predicted octanol–water partition coefficient (Wildman–Crippen LogP) is 3.35. The smallest absolute Gasteiger partial charge is 0.391 e. The molecular weight excluding hydrogens is 515 g/mol. The van der Waals surface area contributed by atoms with Crippen LogP contribution in [0.15, 0.2) is 77.6 Å². The van der Waals surface area contributed by atoms with Crippen LogP contribution in [0.3, 0.4) is 0 Å². The monoisotopic (exact) mass is 539 g/mol. The fourth-order valence-electron chi connectivity index (χ4n) is 4.46. The summed E-state index contributed by atoms with van der Waals surface area (Å²) in [5.41, 5.74) is 3.38. The summed E-state index contributed by atoms with van der Waals surface area (Å²) in [6.07, 6.45) is -5.28. The number of alkyl halides is 3. The second-order valence-electron chi connectivity index (χ2n) is 9.18. The summed E-state index contributed by atoms with van der Waals surface area (Å²) in [6.45, 7) is 2.23. The highest BCUT2D eigenvalue weighted by atomic mass is 19.4. The van der Waals surface area contributed by atoms with Crippen molar-refractivity contribution in [1.82, 2.24) is 19.8 Å². The van der Waals surface area contributed by atoms with Crippen molar-refractivity contribution in [1.29, 1.82) is 0 Å². The third-order valence-corrected chi connectivity index (χ3v) is 6.33. The van der Waals surface area contributed by atoms with Crippen molar-refractivity contribution in [3.63, 3.8) is 0 Å². The predicted molar refractivity (Wildman–Crippen MR) is 136 cm³/mol. The van der Waals surface area contributed by atoms with Gasteiger partial charge in [-0.25, -0.2) is 9.59 Å². The van der Waals surface area contributed by atoms with Crippen molar-refractivity contribution >= 4 is 17.6 Å². The molecule has 1 aromatic heterocycles. The van der Waals surface area contributed by atoms with Gasteiger partial charge < -0.3 is 20.6 Å². The number of aryl methyl sites for hydroxylation is 1. The number of hydrogen-bond donors (Lipinski definition) is 3. The lowest BCUT2D eigenvalue weighted by Gasteiger charge is -2.18. The molecule has 0 amide bonds. The first kappa shape index (κ1) is 26.2. The maximum Gasteiger partial charge on any atom is 0.493 e. The Balaban J connectivity index is 1.35. The van der Waals surface area contributed by atoms with Gasteiger partial charge in [-0.3, -0.25) is 0 Å². The van der Waals surface area contributed by atoms with Gasteiger partial charge in [0.05, 0.1) is 17.8 Å². The number of hydrogen-bond acceptors (Lipinski definition) is 7. The van der Waals surface area contributed by atoms with E-state index in [-0.39, 0.29) is 16.5 Å². The lowest BCUT2D eigenvalue weighted by atomic mass is 10.1. The first-order valence-corrected chi connectivity index (χ1v) is 12.0. The Morgan fingerprint density at radius 1 is 1.10 bits per heavy atom. The third-order valence-electron chi connectivity index (χ3n) is 6.33. The molecule has 5 rings (SSSR count). The van der Waals surface area contributed by atoms with Crippen LogP contribution in [0, 0.1) is 6.92 Å². The van der Waals surface area contributed by atoms with Crippen molar-refractivity contribution in [2.45, 2.75) is 38.2 Å². The van der Waals surface area contributed by atoms with Gasteiger partial charge in [0.1, 0.15) is 0 Å². The van der Waals surface area contributed by atoms with Gasteiger partial charge in [-0.1, -0.05) is 53.3 Å². The minimum Gasteiger partial charge on any atom is -0.391 e. The van der Waals surface area contributed by atoms with Gasteiger partial charge in [0.2, 0.25) is 0 Å². The van der Waals surface area contributed by atoms with Crippen molar-refractivity contribution in [3.8, 4) is 5.69 Å². The van der Waals surface area contributed by atoms with Crippen LogP contribution in [0.1, 0.15) is 28.3 Å². The Morgan fingerprint density at radius 3 is 2.56 bits per heavy atom. The largest absolute Gasteiger partial charge is 0.493 e. The molecule has 1 aliphatic rings. The number of nitrogens with zero attached hydrogens (tertiary/aromatic N) is 3. The van der Waals surface area contributed by atoms with Crippen LogP contribution in [-0.2, 0) is 17.8 Å². The Bertz CT molecular complexity index is 1560. The summed E-state index contributed by atoms with van der Waals surface area (Å²) in [4.78, 5) is 28.8. The molecule has 0 aliphatic heterocycles. The van der Waals surface area contributed by atoms with Gasteiger partial charge in [0.25, 0.3) is 5.95 Å². The highest BCUT2D eigenvalue weighted by Crippen LogP contribution is 2.31. The molecule has 0 radical (unpaired) electrons. The molecule has 3 aromatic carbocycles. The molecular formula is C27H24F3N5O4. The van der Waals surface area contributed by atoms with E-state index in [9.17, 15) is 27.9 Å². The summed E-state index contributed by atoms with van der Waals surface area (Å²) in [7, 11) is 0. The second kappa shape index (κ2) is 10.4. The van der Waals surface area contributed by atoms with E-state index in [1.807, 2.05) is 24.3 Å². The molecule has 1 heterocycles. The molecule has 2 atom stereocenters. The van der Waals surface area contributed by atoms with Gasteiger partial charge in [0.15, 0.2) is 0 Å². The summed E-state index contributed by atoms with van der Waals surface area (Å²) >= 11 is 0.